The minimum absolute atomic E-state index is 0.0874. The lowest BCUT2D eigenvalue weighted by atomic mass is 9.79. The van der Waals surface area contributed by atoms with Gasteiger partial charge in [0.1, 0.15) is 0 Å². The number of fused-ring (bicyclic) bond motifs is 5. The third-order valence-corrected chi connectivity index (χ3v) is 9.46. The van der Waals surface area contributed by atoms with Crippen molar-refractivity contribution in [2.24, 2.45) is 0 Å². The number of aromatic nitrogens is 2. The van der Waals surface area contributed by atoms with E-state index in [0.717, 1.165) is 49.4 Å². The van der Waals surface area contributed by atoms with E-state index in [1.807, 2.05) is 44.2 Å². The average molecular weight is 597 g/mol. The lowest BCUT2D eigenvalue weighted by Crippen LogP contribution is -2.47. The highest BCUT2D eigenvalue weighted by Crippen LogP contribution is 2.40. The summed E-state index contributed by atoms with van der Waals surface area (Å²) >= 11 is 0. The van der Waals surface area contributed by atoms with Gasteiger partial charge in [0.05, 0.1) is 22.8 Å². The van der Waals surface area contributed by atoms with Gasteiger partial charge in [-0.1, -0.05) is 66.3 Å². The molecule has 2 heterocycles. The molecule has 5 aromatic rings. The third-order valence-electron chi connectivity index (χ3n) is 9.46. The van der Waals surface area contributed by atoms with Gasteiger partial charge in [0.15, 0.2) is 0 Å². The number of para-hydroxylation sites is 2. The van der Waals surface area contributed by atoms with E-state index < -0.39 is 5.60 Å². The van der Waals surface area contributed by atoms with E-state index in [1.165, 1.54) is 58.7 Å². The summed E-state index contributed by atoms with van der Waals surface area (Å²) in [4.78, 5) is 22.5. The minimum atomic E-state index is -0.838. The first-order valence-corrected chi connectivity index (χ1v) is 16.1. The van der Waals surface area contributed by atoms with Gasteiger partial charge in [0.25, 0.3) is 5.56 Å². The molecule has 2 N–H and O–H groups in total. The number of aliphatic hydroxyl groups is 1. The van der Waals surface area contributed by atoms with Crippen LogP contribution in [0.5, 0.6) is 0 Å². The zero-order chi connectivity index (χ0) is 31.0. The van der Waals surface area contributed by atoms with Gasteiger partial charge in [-0.05, 0) is 97.3 Å². The maximum atomic E-state index is 11.1. The number of anilines is 2. The van der Waals surface area contributed by atoms with Gasteiger partial charge in [-0.3, -0.25) is 4.79 Å². The standard InChI is InChI=1S/C31H34N2O.C8H6N2O/c1-31(2,34)29-9-5-6-10-30(29)33-19-17-32(18-20-33)24-13-16-26-23(21-24)12-15-27-25-8-4-3-7-22(25)11-14-28(26)27;11-8-6-3-1-2-4-7(6)9-5-10-8/h4-6,8-10,12-13,15-16,21,34H,3,7,11,14,17-20H2,1-2H3;1-5H,(H,9,10,11). The maximum Gasteiger partial charge on any atom is 0.258 e. The van der Waals surface area contributed by atoms with Crippen molar-refractivity contribution >= 4 is 38.6 Å². The molecule has 1 aromatic heterocycles. The number of benzene rings is 4. The predicted molar refractivity (Wildman–Crippen MR) is 186 cm³/mol. The predicted octanol–water partition coefficient (Wildman–Crippen LogP) is 7.37. The van der Waals surface area contributed by atoms with Gasteiger partial charge in [0, 0.05) is 43.1 Å². The molecule has 0 saturated carbocycles. The Morgan fingerprint density at radius 2 is 1.60 bits per heavy atom. The molecule has 8 rings (SSSR count). The van der Waals surface area contributed by atoms with Crippen LogP contribution in [0.25, 0.3) is 27.2 Å². The van der Waals surface area contributed by atoms with Crippen LogP contribution in [0.3, 0.4) is 0 Å². The Morgan fingerprint density at radius 1 is 0.822 bits per heavy atom. The Labute approximate surface area is 264 Å². The number of aryl methyl sites for hydroxylation is 1. The molecule has 0 radical (unpaired) electrons. The number of piperazine rings is 1. The van der Waals surface area contributed by atoms with Gasteiger partial charge < -0.3 is 19.9 Å². The molecule has 0 atom stereocenters. The van der Waals surface area contributed by atoms with Crippen LogP contribution in [-0.4, -0.2) is 41.3 Å². The summed E-state index contributed by atoms with van der Waals surface area (Å²) in [5.74, 6) is 0. The highest BCUT2D eigenvalue weighted by molar-refractivity contribution is 5.95. The summed E-state index contributed by atoms with van der Waals surface area (Å²) in [6.07, 6.45) is 10.9. The zero-order valence-electron chi connectivity index (χ0n) is 26.1. The SMILES string of the molecule is CC(C)(O)c1ccccc1N1CCN(c2ccc3c4c(ccc3c2)C2=C(CCC=C2)CC4)CC1.O=c1[nH]cnc2ccccc12. The van der Waals surface area contributed by atoms with E-state index >= 15 is 0 Å². The van der Waals surface area contributed by atoms with Crippen LogP contribution < -0.4 is 15.4 Å². The van der Waals surface area contributed by atoms with Crippen molar-refractivity contribution in [1.82, 2.24) is 9.97 Å². The van der Waals surface area contributed by atoms with Crippen molar-refractivity contribution in [3.63, 3.8) is 0 Å². The summed E-state index contributed by atoms with van der Waals surface area (Å²) in [5, 5.41) is 14.0. The molecule has 1 saturated heterocycles. The molecule has 0 bridgehead atoms. The maximum absolute atomic E-state index is 11.1. The van der Waals surface area contributed by atoms with Crippen LogP contribution in [0, 0.1) is 0 Å². The molecule has 45 heavy (non-hydrogen) atoms. The van der Waals surface area contributed by atoms with Crippen LogP contribution in [0.1, 0.15) is 49.8 Å². The van der Waals surface area contributed by atoms with Crippen molar-refractivity contribution in [2.45, 2.75) is 45.1 Å². The molecular formula is C39H40N4O2. The molecule has 6 nitrogen and oxygen atoms in total. The van der Waals surface area contributed by atoms with Crippen molar-refractivity contribution in [2.75, 3.05) is 36.0 Å². The van der Waals surface area contributed by atoms with Crippen LogP contribution in [0.2, 0.25) is 0 Å². The Bertz CT molecular complexity index is 1990. The summed E-state index contributed by atoms with van der Waals surface area (Å²) in [6.45, 7) is 7.63. The Balaban J connectivity index is 0.000000249. The number of hydrogen-bond acceptors (Lipinski definition) is 5. The van der Waals surface area contributed by atoms with Crippen molar-refractivity contribution in [3.8, 4) is 0 Å². The number of allylic oxidation sites excluding steroid dienone is 4. The summed E-state index contributed by atoms with van der Waals surface area (Å²) in [6, 6.07) is 27.3. The largest absolute Gasteiger partial charge is 0.386 e. The number of rotatable bonds is 3. The Morgan fingerprint density at radius 3 is 2.42 bits per heavy atom. The lowest BCUT2D eigenvalue weighted by molar-refractivity contribution is 0.0790. The van der Waals surface area contributed by atoms with Gasteiger partial charge in [0.2, 0.25) is 0 Å². The minimum Gasteiger partial charge on any atom is -0.386 e. The zero-order valence-corrected chi connectivity index (χ0v) is 26.1. The van der Waals surface area contributed by atoms with Crippen LogP contribution in [0.15, 0.2) is 108 Å². The average Bonchev–Trinajstić information content (AvgIpc) is 3.08. The first-order valence-electron chi connectivity index (χ1n) is 16.1. The normalized spacial score (nSPS) is 16.3. The van der Waals surface area contributed by atoms with Crippen molar-refractivity contribution in [3.05, 3.63) is 130 Å². The van der Waals surface area contributed by atoms with E-state index in [0.29, 0.717) is 5.39 Å². The van der Waals surface area contributed by atoms with Gasteiger partial charge in [-0.2, -0.15) is 0 Å². The molecule has 6 heteroatoms. The summed E-state index contributed by atoms with van der Waals surface area (Å²) < 4.78 is 0. The lowest BCUT2D eigenvalue weighted by Gasteiger charge is -2.39. The molecule has 228 valence electrons. The van der Waals surface area contributed by atoms with Gasteiger partial charge in [-0.25, -0.2) is 4.98 Å². The third kappa shape index (κ3) is 5.78. The Kier molecular flexibility index (Phi) is 7.76. The molecule has 4 aromatic carbocycles. The van der Waals surface area contributed by atoms with Gasteiger partial charge >= 0.3 is 0 Å². The molecule has 3 aliphatic rings. The van der Waals surface area contributed by atoms with Crippen LogP contribution in [0.4, 0.5) is 11.4 Å². The second-order valence-corrected chi connectivity index (χ2v) is 12.8. The highest BCUT2D eigenvalue weighted by Gasteiger charge is 2.26. The smallest absolute Gasteiger partial charge is 0.258 e. The first-order chi connectivity index (χ1) is 21.9. The number of nitrogens with zero attached hydrogens (tertiary/aromatic N) is 3. The molecule has 1 fully saturated rings. The number of nitrogens with one attached hydrogen (secondary N) is 1. The fraction of sp³-hybridized carbons (Fsp3) is 0.282. The second-order valence-electron chi connectivity index (χ2n) is 12.8. The monoisotopic (exact) mass is 596 g/mol. The van der Waals surface area contributed by atoms with Crippen LogP contribution >= 0.6 is 0 Å². The molecule has 2 aliphatic carbocycles. The van der Waals surface area contributed by atoms with E-state index in [9.17, 15) is 9.90 Å². The first kappa shape index (κ1) is 29.1. The molecule has 0 spiro atoms. The van der Waals surface area contributed by atoms with Crippen LogP contribution in [-0.2, 0) is 12.0 Å². The van der Waals surface area contributed by atoms with E-state index in [-0.39, 0.29) is 5.56 Å². The molecule has 0 unspecified atom stereocenters. The van der Waals surface area contributed by atoms with Crippen molar-refractivity contribution in [1.29, 1.82) is 0 Å². The van der Waals surface area contributed by atoms with Gasteiger partial charge in [-0.15, -0.1) is 0 Å². The fourth-order valence-corrected chi connectivity index (χ4v) is 7.12. The second kappa shape index (κ2) is 12.0. The quantitative estimate of drug-likeness (QED) is 0.228. The fourth-order valence-electron chi connectivity index (χ4n) is 7.12. The number of H-pyrrole nitrogens is 1. The highest BCUT2D eigenvalue weighted by atomic mass is 16.3. The molecule has 0 amide bonds. The Hall–Kier alpha value is -4.68. The van der Waals surface area contributed by atoms with Crippen molar-refractivity contribution < 1.29 is 5.11 Å². The summed E-state index contributed by atoms with van der Waals surface area (Å²) in [7, 11) is 0. The number of aromatic amines is 1. The van der Waals surface area contributed by atoms with E-state index in [4.69, 9.17) is 0 Å². The number of hydrogen-bond donors (Lipinski definition) is 2. The summed E-state index contributed by atoms with van der Waals surface area (Å²) in [5.41, 5.74) is 9.41. The van der Waals surface area contributed by atoms with E-state index in [1.54, 1.807) is 11.6 Å². The van der Waals surface area contributed by atoms with E-state index in [2.05, 4.69) is 74.4 Å². The molecular weight excluding hydrogens is 556 g/mol. The topological polar surface area (TPSA) is 72.5 Å². The molecule has 1 aliphatic heterocycles.